The number of ether oxygens (including phenoxy) is 2. The van der Waals surface area contributed by atoms with Crippen LogP contribution in [0.15, 0.2) is 48.5 Å². The van der Waals surface area contributed by atoms with Crippen LogP contribution in [0.2, 0.25) is 0 Å². The molecule has 2 amide bonds. The van der Waals surface area contributed by atoms with E-state index in [2.05, 4.69) is 20.2 Å². The lowest BCUT2D eigenvalue weighted by Crippen LogP contribution is -2.37. The van der Waals surface area contributed by atoms with Crippen molar-refractivity contribution in [3.63, 3.8) is 0 Å². The Balaban J connectivity index is 1.51. The van der Waals surface area contributed by atoms with Crippen LogP contribution in [0.5, 0.6) is 0 Å². The van der Waals surface area contributed by atoms with Gasteiger partial charge < -0.3 is 24.7 Å². The van der Waals surface area contributed by atoms with E-state index in [1.54, 1.807) is 12.1 Å². The van der Waals surface area contributed by atoms with E-state index >= 15 is 0 Å². The summed E-state index contributed by atoms with van der Waals surface area (Å²) in [5.41, 5.74) is 2.76. The second-order valence-electron chi connectivity index (χ2n) is 6.46. The molecule has 0 aliphatic carbocycles. The zero-order valence-corrected chi connectivity index (χ0v) is 15.3. The largest absolute Gasteiger partial charge is 0.465 e. The Labute approximate surface area is 161 Å². The summed E-state index contributed by atoms with van der Waals surface area (Å²) >= 11 is 0. The summed E-state index contributed by atoms with van der Waals surface area (Å²) in [6.07, 6.45) is 0. The molecule has 3 aromatic rings. The van der Waals surface area contributed by atoms with E-state index in [4.69, 9.17) is 9.47 Å². The number of methoxy groups -OCH3 is 1. The number of carbonyl (C=O) groups excluding carboxylic acids is 2. The number of carbonyl (C=O) groups is 2. The average molecular weight is 380 g/mol. The first-order valence-corrected chi connectivity index (χ1v) is 8.92. The molecule has 2 heterocycles. The Morgan fingerprint density at radius 2 is 2.07 bits per heavy atom. The Kier molecular flexibility index (Phi) is 4.94. The fraction of sp³-hybridized carbons (Fsp3) is 0.250. The summed E-state index contributed by atoms with van der Waals surface area (Å²) in [5.74, 6) is 0.360. The number of anilines is 1. The molecule has 0 spiro atoms. The Morgan fingerprint density at radius 1 is 1.25 bits per heavy atom. The first-order valence-electron chi connectivity index (χ1n) is 8.92. The summed E-state index contributed by atoms with van der Waals surface area (Å²) in [5, 5.41) is 5.68. The molecule has 8 heteroatoms. The molecule has 144 valence electrons. The van der Waals surface area contributed by atoms with E-state index in [-0.39, 0.29) is 12.1 Å². The van der Waals surface area contributed by atoms with Gasteiger partial charge in [0.15, 0.2) is 0 Å². The van der Waals surface area contributed by atoms with Crippen molar-refractivity contribution in [2.24, 2.45) is 0 Å². The van der Waals surface area contributed by atoms with Gasteiger partial charge in [-0.3, -0.25) is 0 Å². The minimum Gasteiger partial charge on any atom is -0.465 e. The van der Waals surface area contributed by atoms with Crippen LogP contribution in [-0.2, 0) is 16.1 Å². The van der Waals surface area contributed by atoms with Crippen molar-refractivity contribution in [3.8, 4) is 0 Å². The lowest BCUT2D eigenvalue weighted by atomic mass is 10.2. The van der Waals surface area contributed by atoms with Gasteiger partial charge in [-0.2, -0.15) is 0 Å². The molecule has 1 aliphatic rings. The molecule has 0 bridgehead atoms. The summed E-state index contributed by atoms with van der Waals surface area (Å²) in [7, 11) is 1.35. The third kappa shape index (κ3) is 3.54. The molecule has 0 saturated heterocycles. The molecule has 1 aromatic heterocycles. The van der Waals surface area contributed by atoms with Gasteiger partial charge in [0.2, 0.25) is 0 Å². The molecule has 1 atom stereocenters. The van der Waals surface area contributed by atoms with Crippen LogP contribution in [0.25, 0.3) is 11.0 Å². The van der Waals surface area contributed by atoms with Crippen LogP contribution in [-0.4, -0.2) is 41.8 Å². The number of nitrogens with zero attached hydrogens (tertiary/aromatic N) is 2. The van der Waals surface area contributed by atoms with Crippen molar-refractivity contribution in [2.75, 3.05) is 25.6 Å². The highest BCUT2D eigenvalue weighted by atomic mass is 16.5. The zero-order chi connectivity index (χ0) is 19.5. The highest BCUT2D eigenvalue weighted by Crippen LogP contribution is 2.26. The van der Waals surface area contributed by atoms with Crippen molar-refractivity contribution >= 4 is 28.7 Å². The number of aromatic nitrogens is 2. The van der Waals surface area contributed by atoms with Crippen molar-refractivity contribution in [3.05, 3.63) is 59.9 Å². The maximum atomic E-state index is 12.2. The maximum Gasteiger partial charge on any atom is 0.337 e. The van der Waals surface area contributed by atoms with Crippen LogP contribution in [0, 0.1) is 0 Å². The second-order valence-corrected chi connectivity index (χ2v) is 6.46. The Bertz CT molecular complexity index is 1020. The molecule has 4 rings (SSSR count). The molecule has 1 aliphatic heterocycles. The molecule has 1 unspecified atom stereocenters. The van der Waals surface area contributed by atoms with Crippen LogP contribution in [0.1, 0.15) is 22.2 Å². The minimum atomic E-state index is -0.403. The van der Waals surface area contributed by atoms with Gasteiger partial charge >= 0.3 is 12.0 Å². The number of imidazole rings is 1. The van der Waals surface area contributed by atoms with Gasteiger partial charge in [0, 0.05) is 12.2 Å². The van der Waals surface area contributed by atoms with Crippen LogP contribution in [0.4, 0.5) is 10.5 Å². The number of urea groups is 1. The van der Waals surface area contributed by atoms with E-state index in [9.17, 15) is 9.59 Å². The number of benzene rings is 2. The van der Waals surface area contributed by atoms with E-state index in [0.717, 1.165) is 17.0 Å². The van der Waals surface area contributed by atoms with Crippen LogP contribution >= 0.6 is 0 Å². The molecular weight excluding hydrogens is 360 g/mol. The van der Waals surface area contributed by atoms with Gasteiger partial charge in [0.05, 0.1) is 36.4 Å². The average Bonchev–Trinajstić information content (AvgIpc) is 3.10. The van der Waals surface area contributed by atoms with Gasteiger partial charge in [-0.1, -0.05) is 18.2 Å². The molecule has 2 aromatic carbocycles. The number of rotatable bonds is 4. The lowest BCUT2D eigenvalue weighted by molar-refractivity contribution is 0.0573. The standard InChI is InChI=1S/C20H20N4O4/c1-27-19(25)13-7-8-17-16(9-13)23-18-12-28-11-15(24(17)18)10-21-20(26)22-14-5-3-2-4-6-14/h2-9,15H,10-12H2,1H3,(H2,21,22,26). The fourth-order valence-electron chi connectivity index (χ4n) is 3.32. The van der Waals surface area contributed by atoms with Crippen molar-refractivity contribution in [2.45, 2.75) is 12.6 Å². The summed E-state index contributed by atoms with van der Waals surface area (Å²) in [4.78, 5) is 28.5. The number of esters is 1. The fourth-order valence-corrected chi connectivity index (χ4v) is 3.32. The van der Waals surface area contributed by atoms with Gasteiger partial charge in [-0.25, -0.2) is 14.6 Å². The van der Waals surface area contributed by atoms with Crippen molar-refractivity contribution < 1.29 is 19.1 Å². The molecule has 28 heavy (non-hydrogen) atoms. The third-order valence-electron chi connectivity index (χ3n) is 4.62. The Morgan fingerprint density at radius 3 is 2.86 bits per heavy atom. The molecule has 2 N–H and O–H groups in total. The molecule has 0 radical (unpaired) electrons. The van der Waals surface area contributed by atoms with Crippen molar-refractivity contribution in [1.82, 2.24) is 14.9 Å². The normalized spacial score (nSPS) is 15.7. The highest BCUT2D eigenvalue weighted by Gasteiger charge is 2.25. The van der Waals surface area contributed by atoms with E-state index in [0.29, 0.717) is 30.8 Å². The lowest BCUT2D eigenvalue weighted by Gasteiger charge is -2.26. The summed E-state index contributed by atoms with van der Waals surface area (Å²) < 4.78 is 12.5. The number of fused-ring (bicyclic) bond motifs is 3. The summed E-state index contributed by atoms with van der Waals surface area (Å²) in [6, 6.07) is 14.1. The van der Waals surface area contributed by atoms with E-state index < -0.39 is 5.97 Å². The Hall–Kier alpha value is -3.39. The predicted octanol–water partition coefficient (Wildman–Crippen LogP) is 2.72. The zero-order valence-electron chi connectivity index (χ0n) is 15.3. The topological polar surface area (TPSA) is 94.5 Å². The summed E-state index contributed by atoms with van der Waals surface area (Å²) in [6.45, 7) is 1.23. The molecular formula is C20H20N4O4. The van der Waals surface area contributed by atoms with E-state index in [1.165, 1.54) is 7.11 Å². The van der Waals surface area contributed by atoms with Crippen LogP contribution in [0.3, 0.4) is 0 Å². The van der Waals surface area contributed by atoms with Crippen LogP contribution < -0.4 is 10.6 Å². The number of hydrogen-bond donors (Lipinski definition) is 2. The number of para-hydroxylation sites is 1. The SMILES string of the molecule is COC(=O)c1ccc2c(c1)nc1n2C(CNC(=O)Nc2ccccc2)COC1. The molecule has 8 nitrogen and oxygen atoms in total. The highest BCUT2D eigenvalue weighted by molar-refractivity contribution is 5.93. The second kappa shape index (κ2) is 7.69. The number of nitrogens with one attached hydrogen (secondary N) is 2. The third-order valence-corrected chi connectivity index (χ3v) is 4.62. The molecule has 0 saturated carbocycles. The predicted molar refractivity (Wildman–Crippen MR) is 103 cm³/mol. The van der Waals surface area contributed by atoms with E-state index in [1.807, 2.05) is 36.4 Å². The maximum absolute atomic E-state index is 12.2. The van der Waals surface area contributed by atoms with Gasteiger partial charge in [-0.15, -0.1) is 0 Å². The molecule has 0 fully saturated rings. The first kappa shape index (κ1) is 18.0. The number of hydrogen-bond acceptors (Lipinski definition) is 5. The van der Waals surface area contributed by atoms with Crippen molar-refractivity contribution in [1.29, 1.82) is 0 Å². The first-order chi connectivity index (χ1) is 13.7. The van der Waals surface area contributed by atoms with Gasteiger partial charge in [0.25, 0.3) is 0 Å². The monoisotopic (exact) mass is 380 g/mol. The van der Waals surface area contributed by atoms with Gasteiger partial charge in [-0.05, 0) is 30.3 Å². The smallest absolute Gasteiger partial charge is 0.337 e. The quantitative estimate of drug-likeness (QED) is 0.679. The van der Waals surface area contributed by atoms with Gasteiger partial charge in [0.1, 0.15) is 12.4 Å². The minimum absolute atomic E-state index is 0.0979. The number of amides is 2.